The number of fused-ring (bicyclic) bond motifs is 1. The lowest BCUT2D eigenvalue weighted by molar-refractivity contribution is 0.259. The van der Waals surface area contributed by atoms with Crippen molar-refractivity contribution in [3.63, 3.8) is 0 Å². The molecule has 0 saturated heterocycles. The third-order valence-electron chi connectivity index (χ3n) is 6.72. The van der Waals surface area contributed by atoms with Gasteiger partial charge in [-0.15, -0.1) is 0 Å². The molecule has 1 heterocycles. The number of aromatic nitrogens is 3. The summed E-state index contributed by atoms with van der Waals surface area (Å²) in [6, 6.07) is 6.77. The number of nitrogen functional groups attached to an aromatic ring is 2. The summed E-state index contributed by atoms with van der Waals surface area (Å²) in [5.74, 6) is 0.101. The Morgan fingerprint density at radius 3 is 2.02 bits per heavy atom. The SMILES string of the molecule is CC1=C(Nc2nc(F)nc(Nc3ccc(NC(N)=O)c(N)c3)n2)C=CCC1.Nc1cc2c(S(=O)(=O)O)cc(S(=O)(=O)O)cc2cc1S(=O)(=O)O. The summed E-state index contributed by atoms with van der Waals surface area (Å²) in [6.07, 6.45) is 4.91. The van der Waals surface area contributed by atoms with Crippen molar-refractivity contribution < 1.29 is 48.1 Å². The summed E-state index contributed by atoms with van der Waals surface area (Å²) in [7, 11) is -14.5. The number of rotatable bonds is 8. The molecule has 0 aliphatic heterocycles. The highest BCUT2D eigenvalue weighted by Gasteiger charge is 2.23. The Morgan fingerprint density at radius 1 is 0.820 bits per heavy atom. The molecule has 5 rings (SSSR count). The van der Waals surface area contributed by atoms with Gasteiger partial charge in [-0.2, -0.15) is 44.6 Å². The average Bonchev–Trinajstić information content (AvgIpc) is 2.97. The summed E-state index contributed by atoms with van der Waals surface area (Å²) in [5, 5.41) is 7.64. The fourth-order valence-electron chi connectivity index (χ4n) is 4.46. The largest absolute Gasteiger partial charge is 0.398 e. The van der Waals surface area contributed by atoms with E-state index in [0.717, 1.165) is 36.2 Å². The van der Waals surface area contributed by atoms with Crippen molar-refractivity contribution in [2.24, 2.45) is 5.73 Å². The summed E-state index contributed by atoms with van der Waals surface area (Å²) >= 11 is 0. The zero-order chi connectivity index (χ0) is 37.2. The number of amides is 2. The number of carbonyl (C=O) groups is 1. The molecule has 0 unspecified atom stereocenters. The highest BCUT2D eigenvalue weighted by molar-refractivity contribution is 7.87. The molecule has 3 aromatic carbocycles. The molecule has 12 N–H and O–H groups in total. The van der Waals surface area contributed by atoms with E-state index in [9.17, 15) is 39.0 Å². The zero-order valence-electron chi connectivity index (χ0n) is 25.5. The molecule has 0 spiro atoms. The van der Waals surface area contributed by atoms with Gasteiger partial charge >= 0.3 is 12.1 Å². The standard InChI is InChI=1S/C17H19FN8O.C10H9NO9S3/c1-9-4-2-3-5-12(9)23-17-25-14(18)24-16(26-17)21-10-6-7-13(11(19)8-10)22-15(20)27;11-8-4-7-5(2-10(8)23(18,19)20)1-6(21(12,13)14)3-9(7)22(15,16)17/h3,5-8H,2,4,19H2,1H3,(H3,20,22,27)(H2,21,23,24,25,26);1-4H,11H2,(H,12,13,14)(H,15,16,17)(H,18,19,20). The molecule has 0 bridgehead atoms. The minimum Gasteiger partial charge on any atom is -0.398 e. The summed E-state index contributed by atoms with van der Waals surface area (Å²) in [6.45, 7) is 1.99. The van der Waals surface area contributed by atoms with Gasteiger partial charge in [-0.05, 0) is 79.3 Å². The van der Waals surface area contributed by atoms with Crippen molar-refractivity contribution in [2.75, 3.05) is 27.4 Å². The summed E-state index contributed by atoms with van der Waals surface area (Å²) in [5.41, 5.74) is 19.0. The Balaban J connectivity index is 0.000000228. The van der Waals surface area contributed by atoms with Crippen LogP contribution in [0.5, 0.6) is 0 Å². The van der Waals surface area contributed by atoms with Gasteiger partial charge in [-0.3, -0.25) is 13.7 Å². The number of nitrogens with zero attached hydrogens (tertiary/aromatic N) is 3. The molecule has 1 aromatic heterocycles. The lowest BCUT2D eigenvalue weighted by Crippen LogP contribution is -2.20. The third kappa shape index (κ3) is 9.36. The van der Waals surface area contributed by atoms with E-state index < -0.39 is 62.8 Å². The van der Waals surface area contributed by atoms with Gasteiger partial charge in [0.1, 0.15) is 9.79 Å². The Hall–Kier alpha value is -5.46. The second-order valence-electron chi connectivity index (χ2n) is 10.4. The zero-order valence-corrected chi connectivity index (χ0v) is 27.9. The molecule has 50 heavy (non-hydrogen) atoms. The van der Waals surface area contributed by atoms with E-state index in [1.54, 1.807) is 12.1 Å². The molecule has 0 fully saturated rings. The van der Waals surface area contributed by atoms with Crippen LogP contribution in [-0.4, -0.2) is 59.9 Å². The van der Waals surface area contributed by atoms with Crippen LogP contribution >= 0.6 is 0 Å². The minimum atomic E-state index is -4.92. The van der Waals surface area contributed by atoms with Crippen LogP contribution in [0.4, 0.5) is 43.8 Å². The summed E-state index contributed by atoms with van der Waals surface area (Å²) in [4.78, 5) is 19.8. The average molecular weight is 754 g/mol. The Kier molecular flexibility index (Phi) is 10.6. The number of carbonyl (C=O) groups excluding carboxylic acids is 1. The fraction of sp³-hybridized carbons (Fsp3) is 0.111. The number of halogens is 1. The Morgan fingerprint density at radius 2 is 1.46 bits per heavy atom. The molecular weight excluding hydrogens is 726 g/mol. The van der Waals surface area contributed by atoms with Crippen molar-refractivity contribution in [2.45, 2.75) is 34.5 Å². The van der Waals surface area contributed by atoms with Gasteiger partial charge in [0.05, 0.1) is 22.0 Å². The molecule has 2 amide bonds. The second kappa shape index (κ2) is 14.2. The molecule has 19 nitrogen and oxygen atoms in total. The number of urea groups is 1. The number of nitrogens with one attached hydrogen (secondary N) is 3. The van der Waals surface area contributed by atoms with E-state index in [1.807, 2.05) is 19.1 Å². The molecule has 23 heteroatoms. The smallest absolute Gasteiger partial charge is 0.316 e. The van der Waals surface area contributed by atoms with Crippen LogP contribution in [0.1, 0.15) is 19.8 Å². The Bertz CT molecular complexity index is 2420. The number of hydrogen-bond acceptors (Lipinski definition) is 14. The first-order valence-corrected chi connectivity index (χ1v) is 18.0. The van der Waals surface area contributed by atoms with Crippen LogP contribution in [-0.2, 0) is 30.4 Å². The predicted molar refractivity (Wildman–Crippen MR) is 180 cm³/mol. The van der Waals surface area contributed by atoms with E-state index in [0.29, 0.717) is 23.5 Å². The highest BCUT2D eigenvalue weighted by atomic mass is 32.2. The van der Waals surface area contributed by atoms with E-state index in [-0.39, 0.29) is 28.4 Å². The van der Waals surface area contributed by atoms with Gasteiger partial charge in [-0.25, -0.2) is 4.79 Å². The van der Waals surface area contributed by atoms with Crippen molar-refractivity contribution in [1.82, 2.24) is 15.0 Å². The summed E-state index contributed by atoms with van der Waals surface area (Å²) < 4.78 is 109. The minimum absolute atomic E-state index is 0.0121. The van der Waals surface area contributed by atoms with Gasteiger partial charge < -0.3 is 33.2 Å². The molecular formula is C27H28FN9O10S3. The van der Waals surface area contributed by atoms with Crippen molar-refractivity contribution in [3.05, 3.63) is 72.0 Å². The topological polar surface area (TPSA) is 333 Å². The molecule has 0 saturated carbocycles. The normalized spacial score (nSPS) is 13.4. The van der Waals surface area contributed by atoms with Crippen molar-refractivity contribution in [3.8, 4) is 0 Å². The molecule has 266 valence electrons. The van der Waals surface area contributed by atoms with E-state index in [1.165, 1.54) is 6.07 Å². The maximum atomic E-state index is 13.8. The molecule has 1 aliphatic rings. The second-order valence-corrected chi connectivity index (χ2v) is 14.6. The van der Waals surface area contributed by atoms with Gasteiger partial charge in [-0.1, -0.05) is 6.08 Å². The van der Waals surface area contributed by atoms with E-state index >= 15 is 0 Å². The van der Waals surface area contributed by atoms with Gasteiger partial charge in [0.25, 0.3) is 30.4 Å². The fourth-order valence-corrected chi connectivity index (χ4v) is 6.44. The van der Waals surface area contributed by atoms with Crippen LogP contribution in [0.2, 0.25) is 0 Å². The van der Waals surface area contributed by atoms with Crippen LogP contribution in [0.25, 0.3) is 10.8 Å². The molecule has 0 atom stereocenters. The maximum absolute atomic E-state index is 13.8. The monoisotopic (exact) mass is 753 g/mol. The van der Waals surface area contributed by atoms with E-state index in [4.69, 9.17) is 26.3 Å². The molecule has 0 radical (unpaired) electrons. The van der Waals surface area contributed by atoms with Gasteiger partial charge in [0.15, 0.2) is 0 Å². The van der Waals surface area contributed by atoms with E-state index in [2.05, 4.69) is 30.9 Å². The van der Waals surface area contributed by atoms with Crippen molar-refractivity contribution in [1.29, 1.82) is 0 Å². The van der Waals surface area contributed by atoms with Crippen LogP contribution in [0, 0.1) is 6.08 Å². The van der Waals surface area contributed by atoms with Gasteiger partial charge in [0.2, 0.25) is 11.9 Å². The van der Waals surface area contributed by atoms with Crippen LogP contribution in [0.15, 0.2) is 80.6 Å². The molecule has 4 aromatic rings. The lowest BCUT2D eigenvalue weighted by atomic mass is 10.0. The highest BCUT2D eigenvalue weighted by Crippen LogP contribution is 2.32. The van der Waals surface area contributed by atoms with Gasteiger partial charge in [0, 0.05) is 16.8 Å². The number of primary amides is 1. The third-order valence-corrected chi connectivity index (χ3v) is 9.36. The quantitative estimate of drug-likeness (QED) is 0.0922. The van der Waals surface area contributed by atoms with Crippen LogP contribution < -0.4 is 33.2 Å². The van der Waals surface area contributed by atoms with Crippen LogP contribution in [0.3, 0.4) is 0 Å². The number of allylic oxidation sites excluding steroid dienone is 3. The number of hydrogen-bond donors (Lipinski definition) is 9. The predicted octanol–water partition coefficient (Wildman–Crippen LogP) is 3.03. The maximum Gasteiger partial charge on any atom is 0.316 e. The first-order valence-electron chi connectivity index (χ1n) is 13.7. The number of benzene rings is 3. The number of nitrogens with two attached hydrogens (primary N) is 3. The lowest BCUT2D eigenvalue weighted by Gasteiger charge is -2.14. The molecule has 1 aliphatic carbocycles. The van der Waals surface area contributed by atoms with Crippen molar-refractivity contribution >= 4 is 81.8 Å². The first-order chi connectivity index (χ1) is 23.1. The Labute approximate surface area is 283 Å². The first kappa shape index (κ1) is 37.4. The number of anilines is 6.